The summed E-state index contributed by atoms with van der Waals surface area (Å²) in [7, 11) is 1.96. The Hall–Kier alpha value is -4.08. The molecule has 0 fully saturated rings. The number of nitrogens with zero attached hydrogens (tertiary/aromatic N) is 3. The van der Waals surface area contributed by atoms with Gasteiger partial charge in [0, 0.05) is 26.3 Å². The maximum atomic E-state index is 13.5. The molecule has 40 heavy (non-hydrogen) atoms. The molecular formula is C30H32F3N3O4. The highest BCUT2D eigenvalue weighted by molar-refractivity contribution is 5.84. The van der Waals surface area contributed by atoms with Crippen LogP contribution in [0.4, 0.5) is 19.0 Å². The zero-order chi connectivity index (χ0) is 28.9. The standard InChI is InChI=1S/C30H32F3N3O4/c1-20-26-18-25(40-15-5-14-35(2)27-6-3-4-13-34-27)12-9-22(26)16-23(17-28(37)38)29(39)36(20)19-21-7-10-24(11-8-21)30(31,32)33/h3-4,6-13,18,20,23H,5,14-17,19H2,1-2H3,(H,37,38). The van der Waals surface area contributed by atoms with Crippen LogP contribution in [0.5, 0.6) is 5.75 Å². The van der Waals surface area contributed by atoms with Gasteiger partial charge in [-0.25, -0.2) is 4.98 Å². The van der Waals surface area contributed by atoms with E-state index in [1.165, 1.54) is 12.1 Å². The fourth-order valence-corrected chi connectivity index (χ4v) is 4.95. The number of amides is 1. The Morgan fingerprint density at radius 3 is 2.55 bits per heavy atom. The molecule has 2 unspecified atom stereocenters. The molecule has 4 rings (SSSR count). The van der Waals surface area contributed by atoms with E-state index in [2.05, 4.69) is 4.98 Å². The van der Waals surface area contributed by atoms with E-state index in [0.717, 1.165) is 42.0 Å². The second kappa shape index (κ2) is 12.4. The first-order chi connectivity index (χ1) is 19.0. The van der Waals surface area contributed by atoms with Crippen LogP contribution in [0.3, 0.4) is 0 Å². The van der Waals surface area contributed by atoms with Crippen molar-refractivity contribution in [2.75, 3.05) is 25.1 Å². The van der Waals surface area contributed by atoms with Gasteiger partial charge in [-0.1, -0.05) is 24.3 Å². The molecule has 2 aromatic carbocycles. The third-order valence-corrected chi connectivity index (χ3v) is 7.14. The van der Waals surface area contributed by atoms with Crippen molar-refractivity contribution in [1.82, 2.24) is 9.88 Å². The number of hydrogen-bond donors (Lipinski definition) is 1. The van der Waals surface area contributed by atoms with Gasteiger partial charge >= 0.3 is 12.1 Å². The average Bonchev–Trinajstić information content (AvgIpc) is 3.01. The van der Waals surface area contributed by atoms with Gasteiger partial charge in [0.05, 0.1) is 30.6 Å². The van der Waals surface area contributed by atoms with Gasteiger partial charge in [0.1, 0.15) is 11.6 Å². The number of halogens is 3. The van der Waals surface area contributed by atoms with Gasteiger partial charge in [0.25, 0.3) is 0 Å². The predicted molar refractivity (Wildman–Crippen MR) is 144 cm³/mol. The van der Waals surface area contributed by atoms with Crippen LogP contribution in [0.15, 0.2) is 66.9 Å². The molecule has 1 amide bonds. The quantitative estimate of drug-likeness (QED) is 0.321. The van der Waals surface area contributed by atoms with E-state index >= 15 is 0 Å². The molecule has 0 saturated carbocycles. The maximum Gasteiger partial charge on any atom is 0.416 e. The fraction of sp³-hybridized carbons (Fsp3) is 0.367. The van der Waals surface area contributed by atoms with E-state index in [-0.39, 0.29) is 25.3 Å². The SMILES string of the molecule is CC1c2cc(OCCCN(C)c3ccccn3)ccc2CC(CC(=O)O)C(=O)N1Cc1ccc(C(F)(F)F)cc1. The van der Waals surface area contributed by atoms with Gasteiger partial charge in [-0.2, -0.15) is 13.2 Å². The number of anilines is 1. The summed E-state index contributed by atoms with van der Waals surface area (Å²) in [6.07, 6.45) is -2.05. The van der Waals surface area contributed by atoms with Gasteiger partial charge in [-0.15, -0.1) is 0 Å². The molecule has 10 heteroatoms. The van der Waals surface area contributed by atoms with E-state index in [9.17, 15) is 27.9 Å². The summed E-state index contributed by atoms with van der Waals surface area (Å²) in [5.41, 5.74) is 1.43. The summed E-state index contributed by atoms with van der Waals surface area (Å²) in [6.45, 7) is 3.10. The molecule has 7 nitrogen and oxygen atoms in total. The number of alkyl halides is 3. The van der Waals surface area contributed by atoms with Crippen LogP contribution in [0.1, 0.15) is 48.1 Å². The zero-order valence-electron chi connectivity index (χ0n) is 22.4. The van der Waals surface area contributed by atoms with Crippen molar-refractivity contribution in [3.63, 3.8) is 0 Å². The van der Waals surface area contributed by atoms with Crippen LogP contribution >= 0.6 is 0 Å². The van der Waals surface area contributed by atoms with Gasteiger partial charge in [-0.3, -0.25) is 9.59 Å². The molecule has 2 heterocycles. The molecule has 212 valence electrons. The Morgan fingerprint density at radius 1 is 1.15 bits per heavy atom. The predicted octanol–water partition coefficient (Wildman–Crippen LogP) is 5.74. The molecular weight excluding hydrogens is 523 g/mol. The van der Waals surface area contributed by atoms with Crippen LogP contribution in [0, 0.1) is 5.92 Å². The number of rotatable bonds is 10. The Kier molecular flexibility index (Phi) is 8.96. The largest absolute Gasteiger partial charge is 0.494 e. The lowest BCUT2D eigenvalue weighted by Crippen LogP contribution is -2.37. The van der Waals surface area contributed by atoms with E-state index in [4.69, 9.17) is 4.74 Å². The topological polar surface area (TPSA) is 83.0 Å². The molecule has 0 bridgehead atoms. The average molecular weight is 556 g/mol. The molecule has 1 aliphatic rings. The van der Waals surface area contributed by atoms with Gasteiger partial charge < -0.3 is 19.6 Å². The Balaban J connectivity index is 1.50. The van der Waals surface area contributed by atoms with Gasteiger partial charge in [0.2, 0.25) is 5.91 Å². The van der Waals surface area contributed by atoms with Crippen molar-refractivity contribution in [2.24, 2.45) is 5.92 Å². The monoisotopic (exact) mass is 555 g/mol. The number of ether oxygens (including phenoxy) is 1. The maximum absolute atomic E-state index is 13.5. The number of benzene rings is 2. The van der Waals surface area contributed by atoms with E-state index in [0.29, 0.717) is 17.9 Å². The van der Waals surface area contributed by atoms with Crippen LogP contribution in [0.25, 0.3) is 0 Å². The Labute approximate surface area is 231 Å². The normalized spacial score (nSPS) is 17.2. The van der Waals surface area contributed by atoms with Crippen molar-refractivity contribution in [2.45, 2.75) is 44.9 Å². The van der Waals surface area contributed by atoms with Crippen molar-refractivity contribution < 1.29 is 32.6 Å². The minimum atomic E-state index is -4.46. The van der Waals surface area contributed by atoms with Crippen LogP contribution in [-0.2, 0) is 28.7 Å². The highest BCUT2D eigenvalue weighted by Gasteiger charge is 2.36. The number of carboxylic acid groups (broad SMARTS) is 1. The van der Waals surface area contributed by atoms with E-state index < -0.39 is 29.7 Å². The fourth-order valence-electron chi connectivity index (χ4n) is 4.95. The lowest BCUT2D eigenvalue weighted by Gasteiger charge is -2.30. The molecule has 1 aliphatic heterocycles. The van der Waals surface area contributed by atoms with Crippen molar-refractivity contribution in [1.29, 1.82) is 0 Å². The summed E-state index contributed by atoms with van der Waals surface area (Å²) in [4.78, 5) is 33.0. The molecule has 0 saturated heterocycles. The Bertz CT molecular complexity index is 1320. The molecule has 2 atom stereocenters. The Morgan fingerprint density at radius 2 is 1.90 bits per heavy atom. The molecule has 1 aromatic heterocycles. The first-order valence-corrected chi connectivity index (χ1v) is 13.1. The number of pyridine rings is 1. The summed E-state index contributed by atoms with van der Waals surface area (Å²) < 4.78 is 45.1. The van der Waals surface area contributed by atoms with Gasteiger partial charge in [-0.05, 0) is 72.9 Å². The van der Waals surface area contributed by atoms with Crippen LogP contribution in [-0.4, -0.2) is 47.1 Å². The minimum absolute atomic E-state index is 0.0542. The van der Waals surface area contributed by atoms with Crippen molar-refractivity contribution >= 4 is 17.7 Å². The first kappa shape index (κ1) is 28.9. The highest BCUT2D eigenvalue weighted by Crippen LogP contribution is 2.36. The smallest absolute Gasteiger partial charge is 0.416 e. The number of carboxylic acids is 1. The lowest BCUT2D eigenvalue weighted by molar-refractivity contribution is -0.145. The second-order valence-electron chi connectivity index (χ2n) is 10.0. The van der Waals surface area contributed by atoms with Gasteiger partial charge in [0.15, 0.2) is 0 Å². The summed E-state index contributed by atoms with van der Waals surface area (Å²) >= 11 is 0. The lowest BCUT2D eigenvalue weighted by atomic mass is 9.93. The van der Waals surface area contributed by atoms with E-state index in [1.807, 2.05) is 55.3 Å². The summed E-state index contributed by atoms with van der Waals surface area (Å²) in [6, 6.07) is 15.5. The van der Waals surface area contributed by atoms with Crippen molar-refractivity contribution in [3.8, 4) is 5.75 Å². The first-order valence-electron chi connectivity index (χ1n) is 13.1. The summed E-state index contributed by atoms with van der Waals surface area (Å²) in [5, 5.41) is 9.44. The minimum Gasteiger partial charge on any atom is -0.494 e. The second-order valence-corrected chi connectivity index (χ2v) is 10.0. The van der Waals surface area contributed by atoms with Crippen LogP contribution < -0.4 is 9.64 Å². The third kappa shape index (κ3) is 7.11. The molecule has 0 spiro atoms. The number of fused-ring (bicyclic) bond motifs is 1. The number of hydrogen-bond acceptors (Lipinski definition) is 5. The van der Waals surface area contributed by atoms with Crippen LogP contribution in [0.2, 0.25) is 0 Å². The number of carbonyl (C=O) groups is 2. The molecule has 1 N–H and O–H groups in total. The highest BCUT2D eigenvalue weighted by atomic mass is 19.4. The number of aliphatic carboxylic acids is 1. The number of carbonyl (C=O) groups excluding carboxylic acids is 1. The molecule has 0 radical (unpaired) electrons. The van der Waals surface area contributed by atoms with Crippen molar-refractivity contribution in [3.05, 3.63) is 89.1 Å². The number of aromatic nitrogens is 1. The van der Waals surface area contributed by atoms with E-state index in [1.54, 1.807) is 11.1 Å². The molecule has 0 aliphatic carbocycles. The third-order valence-electron chi connectivity index (χ3n) is 7.14. The summed E-state index contributed by atoms with van der Waals surface area (Å²) in [5.74, 6) is -0.713. The molecule has 3 aromatic rings. The zero-order valence-corrected chi connectivity index (χ0v) is 22.4.